The van der Waals surface area contributed by atoms with Crippen LogP contribution in [0.5, 0.6) is 5.75 Å². The normalized spacial score (nSPS) is 10.7. The van der Waals surface area contributed by atoms with E-state index < -0.39 is 17.4 Å². The van der Waals surface area contributed by atoms with Gasteiger partial charge in [0, 0.05) is 0 Å². The van der Waals surface area contributed by atoms with Crippen LogP contribution in [0.2, 0.25) is 0 Å². The zero-order valence-electron chi connectivity index (χ0n) is 8.40. The maximum absolute atomic E-state index is 13.2. The zero-order valence-corrected chi connectivity index (χ0v) is 8.40. The topological polar surface area (TPSA) is 70.3 Å². The number of nitriles is 1. The molecule has 0 saturated carbocycles. The van der Waals surface area contributed by atoms with Crippen molar-refractivity contribution in [3.05, 3.63) is 35.2 Å². The van der Waals surface area contributed by atoms with Gasteiger partial charge >= 0.3 is 5.97 Å². The number of carboxylic acid groups (broad SMARTS) is 1. The third kappa shape index (κ3) is 2.58. The molecule has 1 aromatic rings. The molecule has 0 aromatic heterocycles. The Bertz CT molecular complexity index is 488. The van der Waals surface area contributed by atoms with E-state index in [1.807, 2.05) is 0 Å². The Morgan fingerprint density at radius 3 is 2.75 bits per heavy atom. The van der Waals surface area contributed by atoms with Gasteiger partial charge in [-0.2, -0.15) is 5.26 Å². The quantitative estimate of drug-likeness (QED) is 0.624. The second kappa shape index (κ2) is 4.94. The molecule has 5 heteroatoms. The summed E-state index contributed by atoms with van der Waals surface area (Å²) in [6.07, 6.45) is 1.09. The summed E-state index contributed by atoms with van der Waals surface area (Å²) < 4.78 is 17.9. The van der Waals surface area contributed by atoms with E-state index in [1.165, 1.54) is 25.3 Å². The fraction of sp³-hybridized carbons (Fsp3) is 0.0909. The number of rotatable bonds is 3. The Morgan fingerprint density at radius 2 is 2.31 bits per heavy atom. The fourth-order valence-electron chi connectivity index (χ4n) is 1.08. The van der Waals surface area contributed by atoms with E-state index in [0.29, 0.717) is 0 Å². The summed E-state index contributed by atoms with van der Waals surface area (Å²) in [6, 6.07) is 5.42. The van der Waals surface area contributed by atoms with E-state index in [-0.39, 0.29) is 11.3 Å². The number of carboxylic acids is 1. The molecule has 82 valence electrons. The Balaban J connectivity index is 3.12. The van der Waals surface area contributed by atoms with E-state index in [9.17, 15) is 9.18 Å². The van der Waals surface area contributed by atoms with Crippen LogP contribution in [0.15, 0.2) is 23.8 Å². The van der Waals surface area contributed by atoms with Gasteiger partial charge in [0.25, 0.3) is 0 Å². The van der Waals surface area contributed by atoms with Crippen molar-refractivity contribution in [1.29, 1.82) is 5.26 Å². The second-order valence-corrected chi connectivity index (χ2v) is 2.87. The van der Waals surface area contributed by atoms with E-state index in [4.69, 9.17) is 15.1 Å². The maximum Gasteiger partial charge on any atom is 0.346 e. The first-order valence-electron chi connectivity index (χ1n) is 4.27. The minimum Gasteiger partial charge on any atom is -0.494 e. The van der Waals surface area contributed by atoms with Crippen LogP contribution < -0.4 is 4.74 Å². The number of nitrogens with zero attached hydrogens (tertiary/aromatic N) is 1. The van der Waals surface area contributed by atoms with Crippen molar-refractivity contribution in [2.75, 3.05) is 7.11 Å². The van der Waals surface area contributed by atoms with Gasteiger partial charge in [-0.3, -0.25) is 0 Å². The smallest absolute Gasteiger partial charge is 0.346 e. The highest BCUT2D eigenvalue weighted by atomic mass is 19.1. The van der Waals surface area contributed by atoms with Gasteiger partial charge in [-0.25, -0.2) is 9.18 Å². The number of carbonyl (C=O) groups is 1. The molecule has 0 spiro atoms. The van der Waals surface area contributed by atoms with E-state index in [1.54, 1.807) is 0 Å². The van der Waals surface area contributed by atoms with E-state index >= 15 is 0 Å². The molecule has 0 aliphatic carbocycles. The summed E-state index contributed by atoms with van der Waals surface area (Å²) in [6.45, 7) is 0. The molecule has 0 aliphatic heterocycles. The number of benzene rings is 1. The lowest BCUT2D eigenvalue weighted by molar-refractivity contribution is -0.132. The largest absolute Gasteiger partial charge is 0.494 e. The molecule has 0 saturated heterocycles. The van der Waals surface area contributed by atoms with Crippen LogP contribution in [0, 0.1) is 17.1 Å². The number of hydrogen-bond donors (Lipinski definition) is 1. The lowest BCUT2D eigenvalue weighted by atomic mass is 10.1. The third-order valence-electron chi connectivity index (χ3n) is 1.84. The van der Waals surface area contributed by atoms with Crippen LogP contribution in [-0.2, 0) is 4.79 Å². The van der Waals surface area contributed by atoms with Gasteiger partial charge in [0.1, 0.15) is 11.6 Å². The van der Waals surface area contributed by atoms with Gasteiger partial charge in [0.15, 0.2) is 11.6 Å². The molecule has 0 unspecified atom stereocenters. The highest BCUT2D eigenvalue weighted by Gasteiger charge is 2.07. The highest BCUT2D eigenvalue weighted by molar-refractivity contribution is 5.96. The first kappa shape index (κ1) is 11.7. The molecular weight excluding hydrogens is 213 g/mol. The van der Waals surface area contributed by atoms with E-state index in [2.05, 4.69) is 0 Å². The van der Waals surface area contributed by atoms with Gasteiger partial charge in [0.05, 0.1) is 7.11 Å². The van der Waals surface area contributed by atoms with Crippen LogP contribution >= 0.6 is 0 Å². The van der Waals surface area contributed by atoms with Crippen molar-refractivity contribution in [3.63, 3.8) is 0 Å². The Morgan fingerprint density at radius 1 is 1.62 bits per heavy atom. The van der Waals surface area contributed by atoms with Crippen molar-refractivity contribution in [3.8, 4) is 11.8 Å². The summed E-state index contributed by atoms with van der Waals surface area (Å²) in [5.74, 6) is -1.90. The first-order valence-corrected chi connectivity index (χ1v) is 4.27. The summed E-state index contributed by atoms with van der Waals surface area (Å²) in [4.78, 5) is 10.5. The SMILES string of the molecule is COc1ccc(C=C(C#N)C(=O)O)cc1F. The number of methoxy groups -OCH3 is 1. The Hall–Kier alpha value is -2.35. The monoisotopic (exact) mass is 221 g/mol. The molecule has 1 rings (SSSR count). The van der Waals surface area contributed by atoms with Crippen molar-refractivity contribution in [2.45, 2.75) is 0 Å². The molecule has 0 heterocycles. The van der Waals surface area contributed by atoms with E-state index in [0.717, 1.165) is 12.1 Å². The first-order chi connectivity index (χ1) is 7.58. The molecule has 1 N–H and O–H groups in total. The molecule has 16 heavy (non-hydrogen) atoms. The van der Waals surface area contributed by atoms with Crippen molar-refractivity contribution in [1.82, 2.24) is 0 Å². The molecule has 0 aliphatic rings. The van der Waals surface area contributed by atoms with Crippen LogP contribution in [0.3, 0.4) is 0 Å². The lowest BCUT2D eigenvalue weighted by Gasteiger charge is -2.01. The average molecular weight is 221 g/mol. The maximum atomic E-state index is 13.2. The lowest BCUT2D eigenvalue weighted by Crippen LogP contribution is -1.97. The van der Waals surface area contributed by atoms with Gasteiger partial charge in [-0.15, -0.1) is 0 Å². The van der Waals surface area contributed by atoms with Crippen LogP contribution in [0.25, 0.3) is 6.08 Å². The molecular formula is C11H8FNO3. The Labute approximate surface area is 91.2 Å². The number of hydrogen-bond acceptors (Lipinski definition) is 3. The summed E-state index contributed by atoms with van der Waals surface area (Å²) >= 11 is 0. The summed E-state index contributed by atoms with van der Waals surface area (Å²) in [7, 11) is 1.33. The van der Waals surface area contributed by atoms with Crippen molar-refractivity contribution >= 4 is 12.0 Å². The Kier molecular flexibility index (Phi) is 3.62. The number of halogens is 1. The van der Waals surface area contributed by atoms with Gasteiger partial charge in [-0.05, 0) is 23.8 Å². The minimum atomic E-state index is -1.35. The van der Waals surface area contributed by atoms with Crippen molar-refractivity contribution in [2.24, 2.45) is 0 Å². The predicted molar refractivity (Wildman–Crippen MR) is 54.2 cm³/mol. The average Bonchev–Trinajstić information content (AvgIpc) is 2.25. The molecule has 0 bridgehead atoms. The molecule has 0 atom stereocenters. The molecule has 0 radical (unpaired) electrons. The zero-order chi connectivity index (χ0) is 12.1. The fourth-order valence-corrected chi connectivity index (χ4v) is 1.08. The predicted octanol–water partition coefficient (Wildman–Crippen LogP) is 1.83. The summed E-state index contributed by atoms with van der Waals surface area (Å²) in [5.41, 5.74) is -0.165. The number of ether oxygens (including phenoxy) is 1. The molecule has 0 fully saturated rings. The minimum absolute atomic E-state index is 0.0611. The van der Waals surface area contributed by atoms with Gasteiger partial charge in [0.2, 0.25) is 0 Å². The second-order valence-electron chi connectivity index (χ2n) is 2.87. The third-order valence-corrected chi connectivity index (χ3v) is 1.84. The van der Waals surface area contributed by atoms with Gasteiger partial charge in [-0.1, -0.05) is 6.07 Å². The van der Waals surface area contributed by atoms with Gasteiger partial charge < -0.3 is 9.84 Å². The highest BCUT2D eigenvalue weighted by Crippen LogP contribution is 2.19. The molecule has 0 amide bonds. The van der Waals surface area contributed by atoms with Crippen molar-refractivity contribution < 1.29 is 19.0 Å². The van der Waals surface area contributed by atoms with Crippen LogP contribution in [-0.4, -0.2) is 18.2 Å². The standard InChI is InChI=1S/C11H8FNO3/c1-16-10-3-2-7(5-9(10)12)4-8(6-13)11(14)15/h2-5H,1H3,(H,14,15). The molecule has 1 aromatic carbocycles. The van der Waals surface area contributed by atoms with Crippen LogP contribution in [0.1, 0.15) is 5.56 Å². The summed E-state index contributed by atoms with van der Waals surface area (Å²) in [5, 5.41) is 17.1. The van der Waals surface area contributed by atoms with Crippen LogP contribution in [0.4, 0.5) is 4.39 Å². The molecule has 4 nitrogen and oxygen atoms in total. The number of aliphatic carboxylic acids is 1.